The Hall–Kier alpha value is -0.870. The fraction of sp³-hybridized carbons (Fsp3) is 0.824. The van der Waals surface area contributed by atoms with Gasteiger partial charge in [0.05, 0.1) is 5.69 Å². The number of unbranched alkanes of at least 4 members (excludes halogenated alkanes) is 1. The third kappa shape index (κ3) is 3.86. The lowest BCUT2D eigenvalue weighted by atomic mass is 10.0. The van der Waals surface area contributed by atoms with Crippen LogP contribution in [0.2, 0.25) is 0 Å². The van der Waals surface area contributed by atoms with E-state index in [1.807, 2.05) is 11.7 Å². The van der Waals surface area contributed by atoms with Crippen LogP contribution >= 0.6 is 0 Å². The minimum atomic E-state index is 0.452. The van der Waals surface area contributed by atoms with Crippen molar-refractivity contribution in [2.45, 2.75) is 65.5 Å². The van der Waals surface area contributed by atoms with Crippen LogP contribution in [0.5, 0.6) is 0 Å². The standard InChI is InChI=1S/C17H32N4/c1-6-7-11-21(12-16-9-8-10-18-16)15(4)17-13(2)19-20(5)14(17)3/h15-16,18H,6-12H2,1-5H3. The van der Waals surface area contributed by atoms with E-state index in [4.69, 9.17) is 0 Å². The summed E-state index contributed by atoms with van der Waals surface area (Å²) >= 11 is 0. The number of hydrogen-bond donors (Lipinski definition) is 1. The first-order chi connectivity index (χ1) is 10.0. The molecule has 0 amide bonds. The van der Waals surface area contributed by atoms with Crippen LogP contribution < -0.4 is 5.32 Å². The summed E-state index contributed by atoms with van der Waals surface area (Å²) in [4.78, 5) is 2.66. The molecule has 0 bridgehead atoms. The quantitative estimate of drug-likeness (QED) is 0.839. The van der Waals surface area contributed by atoms with Crippen LogP contribution in [0, 0.1) is 13.8 Å². The maximum absolute atomic E-state index is 4.60. The predicted octanol–water partition coefficient (Wildman–Crippen LogP) is 2.95. The average Bonchev–Trinajstić information content (AvgIpc) is 3.03. The molecule has 1 aromatic rings. The number of hydrogen-bond acceptors (Lipinski definition) is 3. The summed E-state index contributed by atoms with van der Waals surface area (Å²) in [5, 5.41) is 8.24. The van der Waals surface area contributed by atoms with Crippen molar-refractivity contribution in [1.82, 2.24) is 20.0 Å². The smallest absolute Gasteiger partial charge is 0.0644 e. The monoisotopic (exact) mass is 292 g/mol. The van der Waals surface area contributed by atoms with Crippen molar-refractivity contribution < 1.29 is 0 Å². The highest BCUT2D eigenvalue weighted by Gasteiger charge is 2.25. The van der Waals surface area contributed by atoms with E-state index in [1.165, 1.54) is 55.7 Å². The summed E-state index contributed by atoms with van der Waals surface area (Å²) in [6.07, 6.45) is 5.17. The topological polar surface area (TPSA) is 33.1 Å². The SMILES string of the molecule is CCCCN(CC1CCCN1)C(C)c1c(C)nn(C)c1C. The third-order valence-electron chi connectivity index (χ3n) is 4.95. The Kier molecular flexibility index (Phi) is 5.82. The van der Waals surface area contributed by atoms with Gasteiger partial charge in [-0.3, -0.25) is 9.58 Å². The van der Waals surface area contributed by atoms with Crippen molar-refractivity contribution in [3.05, 3.63) is 17.0 Å². The van der Waals surface area contributed by atoms with Gasteiger partial charge >= 0.3 is 0 Å². The van der Waals surface area contributed by atoms with Gasteiger partial charge in [-0.25, -0.2) is 0 Å². The highest BCUT2D eigenvalue weighted by Crippen LogP contribution is 2.27. The van der Waals surface area contributed by atoms with Crippen molar-refractivity contribution in [2.24, 2.45) is 7.05 Å². The Bertz CT molecular complexity index is 446. The van der Waals surface area contributed by atoms with E-state index in [-0.39, 0.29) is 0 Å². The molecule has 0 radical (unpaired) electrons. The average molecular weight is 292 g/mol. The lowest BCUT2D eigenvalue weighted by Gasteiger charge is -2.32. The summed E-state index contributed by atoms with van der Waals surface area (Å²) in [5.74, 6) is 0. The van der Waals surface area contributed by atoms with E-state index in [2.05, 4.69) is 43.0 Å². The molecule has 4 nitrogen and oxygen atoms in total. The molecule has 0 aromatic carbocycles. The molecule has 120 valence electrons. The van der Waals surface area contributed by atoms with Gasteiger partial charge in [0.25, 0.3) is 0 Å². The Morgan fingerprint density at radius 3 is 2.71 bits per heavy atom. The Morgan fingerprint density at radius 2 is 2.19 bits per heavy atom. The molecule has 2 rings (SSSR count). The molecule has 2 heterocycles. The summed E-state index contributed by atoms with van der Waals surface area (Å²) in [6.45, 7) is 12.5. The van der Waals surface area contributed by atoms with Crippen LogP contribution in [0.25, 0.3) is 0 Å². The molecule has 1 saturated heterocycles. The maximum Gasteiger partial charge on any atom is 0.0644 e. The van der Waals surface area contributed by atoms with Gasteiger partial charge in [0.1, 0.15) is 0 Å². The summed E-state index contributed by atoms with van der Waals surface area (Å²) in [7, 11) is 2.05. The molecule has 2 atom stereocenters. The minimum absolute atomic E-state index is 0.452. The highest BCUT2D eigenvalue weighted by molar-refractivity contribution is 5.27. The second-order valence-electron chi connectivity index (χ2n) is 6.53. The fourth-order valence-corrected chi connectivity index (χ4v) is 3.58. The first-order valence-corrected chi connectivity index (χ1v) is 8.52. The van der Waals surface area contributed by atoms with Crippen molar-refractivity contribution in [2.75, 3.05) is 19.6 Å². The van der Waals surface area contributed by atoms with Gasteiger partial charge in [-0.05, 0) is 53.1 Å². The zero-order chi connectivity index (χ0) is 15.4. The van der Waals surface area contributed by atoms with E-state index in [0.717, 1.165) is 6.54 Å². The Balaban J connectivity index is 2.13. The molecule has 21 heavy (non-hydrogen) atoms. The Morgan fingerprint density at radius 1 is 1.43 bits per heavy atom. The van der Waals surface area contributed by atoms with Crippen molar-refractivity contribution >= 4 is 0 Å². The van der Waals surface area contributed by atoms with Crippen molar-refractivity contribution in [3.63, 3.8) is 0 Å². The summed E-state index contributed by atoms with van der Waals surface area (Å²) in [6, 6.07) is 1.12. The molecule has 4 heteroatoms. The van der Waals surface area contributed by atoms with E-state index in [1.54, 1.807) is 0 Å². The zero-order valence-corrected chi connectivity index (χ0v) is 14.4. The van der Waals surface area contributed by atoms with E-state index < -0.39 is 0 Å². The van der Waals surface area contributed by atoms with Crippen LogP contribution in [-0.4, -0.2) is 40.4 Å². The fourth-order valence-electron chi connectivity index (χ4n) is 3.58. The number of nitrogens with zero attached hydrogens (tertiary/aromatic N) is 3. The van der Waals surface area contributed by atoms with E-state index >= 15 is 0 Å². The Labute approximate surface area is 129 Å². The van der Waals surface area contributed by atoms with Gasteiger partial charge in [0, 0.05) is 36.9 Å². The number of rotatable bonds is 7. The van der Waals surface area contributed by atoms with E-state index in [9.17, 15) is 0 Å². The predicted molar refractivity (Wildman–Crippen MR) is 88.6 cm³/mol. The van der Waals surface area contributed by atoms with Gasteiger partial charge in [0.2, 0.25) is 0 Å². The molecule has 1 N–H and O–H groups in total. The molecule has 0 saturated carbocycles. The highest BCUT2D eigenvalue weighted by atomic mass is 15.3. The number of aryl methyl sites for hydroxylation is 2. The van der Waals surface area contributed by atoms with E-state index in [0.29, 0.717) is 12.1 Å². The lowest BCUT2D eigenvalue weighted by molar-refractivity contribution is 0.188. The number of nitrogens with one attached hydrogen (secondary N) is 1. The second kappa shape index (κ2) is 7.41. The van der Waals surface area contributed by atoms with Crippen LogP contribution in [0.4, 0.5) is 0 Å². The van der Waals surface area contributed by atoms with Crippen molar-refractivity contribution in [1.29, 1.82) is 0 Å². The number of aromatic nitrogens is 2. The van der Waals surface area contributed by atoms with Crippen LogP contribution in [0.1, 0.15) is 62.5 Å². The normalized spacial score (nSPS) is 20.4. The molecule has 0 spiro atoms. The van der Waals surface area contributed by atoms with Gasteiger partial charge in [-0.2, -0.15) is 5.10 Å². The van der Waals surface area contributed by atoms with Gasteiger partial charge in [-0.1, -0.05) is 13.3 Å². The van der Waals surface area contributed by atoms with Crippen LogP contribution in [0.3, 0.4) is 0 Å². The molecular formula is C17H32N4. The molecule has 1 fully saturated rings. The first kappa shape index (κ1) is 16.5. The summed E-state index contributed by atoms with van der Waals surface area (Å²) < 4.78 is 2.02. The van der Waals surface area contributed by atoms with Crippen LogP contribution in [-0.2, 0) is 7.05 Å². The molecular weight excluding hydrogens is 260 g/mol. The summed E-state index contributed by atoms with van der Waals surface area (Å²) in [5.41, 5.74) is 3.91. The van der Waals surface area contributed by atoms with Gasteiger partial charge in [0.15, 0.2) is 0 Å². The third-order valence-corrected chi connectivity index (χ3v) is 4.95. The molecule has 0 aliphatic carbocycles. The molecule has 1 aliphatic heterocycles. The first-order valence-electron chi connectivity index (χ1n) is 8.52. The second-order valence-corrected chi connectivity index (χ2v) is 6.53. The molecule has 1 aromatic heterocycles. The van der Waals surface area contributed by atoms with Gasteiger partial charge < -0.3 is 5.32 Å². The lowest BCUT2D eigenvalue weighted by Crippen LogP contribution is -2.39. The largest absolute Gasteiger partial charge is 0.313 e. The minimum Gasteiger partial charge on any atom is -0.313 e. The molecule has 1 aliphatic rings. The van der Waals surface area contributed by atoms with Gasteiger partial charge in [-0.15, -0.1) is 0 Å². The van der Waals surface area contributed by atoms with Crippen LogP contribution in [0.15, 0.2) is 0 Å². The maximum atomic E-state index is 4.60. The van der Waals surface area contributed by atoms with Crippen molar-refractivity contribution in [3.8, 4) is 0 Å². The molecule has 2 unspecified atom stereocenters. The zero-order valence-electron chi connectivity index (χ0n) is 14.4.